The number of carbonyl (C=O) groups excluding carboxylic acids is 3. The molecule has 0 bridgehead atoms. The molecule has 2 saturated heterocycles. The predicted molar refractivity (Wildman–Crippen MR) is 231 cm³/mol. The van der Waals surface area contributed by atoms with Gasteiger partial charge in [0.15, 0.2) is 0 Å². The van der Waals surface area contributed by atoms with Crippen LogP contribution in [-0.2, 0) is 35.1 Å². The number of nitrogens with zero attached hydrogens (tertiary/aromatic N) is 4. The van der Waals surface area contributed by atoms with E-state index in [0.717, 1.165) is 55.5 Å². The highest BCUT2D eigenvalue weighted by Gasteiger charge is 2.43. The van der Waals surface area contributed by atoms with E-state index in [9.17, 15) is 24.3 Å². The molecule has 0 saturated carbocycles. The lowest BCUT2D eigenvalue weighted by Gasteiger charge is -2.30. The molecular formula is C45H54N8O10. The summed E-state index contributed by atoms with van der Waals surface area (Å²) in [5.74, 6) is 1.56. The van der Waals surface area contributed by atoms with Crippen LogP contribution in [0.2, 0.25) is 0 Å². The summed E-state index contributed by atoms with van der Waals surface area (Å²) in [6.07, 6.45) is -0.248. The van der Waals surface area contributed by atoms with Crippen molar-refractivity contribution in [1.82, 2.24) is 40.4 Å². The van der Waals surface area contributed by atoms with Gasteiger partial charge in [0, 0.05) is 51.3 Å². The second kappa shape index (κ2) is 17.9. The van der Waals surface area contributed by atoms with Crippen molar-refractivity contribution >= 4 is 45.8 Å². The number of carboxylic acid groups (broad SMARTS) is 1. The molecule has 0 radical (unpaired) electrons. The molecule has 0 spiro atoms. The monoisotopic (exact) mass is 866 g/mol. The Morgan fingerprint density at radius 1 is 0.873 bits per heavy atom. The molecule has 5 heterocycles. The van der Waals surface area contributed by atoms with Crippen molar-refractivity contribution in [2.45, 2.75) is 76.6 Å². The average Bonchev–Trinajstić information content (AvgIpc) is 4.11. The van der Waals surface area contributed by atoms with Gasteiger partial charge >= 0.3 is 12.2 Å². The highest BCUT2D eigenvalue weighted by atomic mass is 16.5. The van der Waals surface area contributed by atoms with Gasteiger partial charge in [0.25, 0.3) is 0 Å². The number of likely N-dealkylation sites (tertiary alicyclic amines) is 2. The number of H-pyrrole nitrogens is 2. The molecule has 334 valence electrons. The molecule has 8 rings (SSSR count). The molecule has 0 unspecified atom stereocenters. The second-order valence-electron chi connectivity index (χ2n) is 16.8. The van der Waals surface area contributed by atoms with Crippen LogP contribution >= 0.6 is 0 Å². The number of hydrogen-bond donors (Lipinski definition) is 5. The van der Waals surface area contributed by atoms with E-state index in [1.807, 2.05) is 24.3 Å². The van der Waals surface area contributed by atoms with E-state index in [1.165, 1.54) is 21.3 Å². The number of imidazole rings is 2. The van der Waals surface area contributed by atoms with Gasteiger partial charge in [-0.1, -0.05) is 25.1 Å². The Hall–Kier alpha value is -6.24. The number of methoxy groups -OCH3 is 4. The summed E-state index contributed by atoms with van der Waals surface area (Å²) in [5.41, 5.74) is 6.25. The normalized spacial score (nSPS) is 21.3. The van der Waals surface area contributed by atoms with Crippen molar-refractivity contribution in [2.75, 3.05) is 48.1 Å². The third kappa shape index (κ3) is 8.37. The summed E-state index contributed by atoms with van der Waals surface area (Å²) >= 11 is 0. The summed E-state index contributed by atoms with van der Waals surface area (Å²) < 4.78 is 27.5. The molecule has 4 amide bonds. The first-order chi connectivity index (χ1) is 30.3. The third-order valence-corrected chi connectivity index (χ3v) is 12.7. The summed E-state index contributed by atoms with van der Waals surface area (Å²) in [7, 11) is 5.82. The van der Waals surface area contributed by atoms with Crippen molar-refractivity contribution in [2.24, 2.45) is 11.8 Å². The maximum Gasteiger partial charge on any atom is 0.407 e. The fourth-order valence-electron chi connectivity index (χ4n) is 9.32. The van der Waals surface area contributed by atoms with Gasteiger partial charge in [0.05, 0.1) is 60.9 Å². The molecular weight excluding hydrogens is 813 g/mol. The number of ether oxygens (including phenoxy) is 5. The lowest BCUT2D eigenvalue weighted by atomic mass is 9.92. The molecule has 8 atom stereocenters. The molecule has 5 aromatic rings. The molecule has 2 fully saturated rings. The Kier molecular flexibility index (Phi) is 12.3. The summed E-state index contributed by atoms with van der Waals surface area (Å²) in [6.45, 7) is 7.13. The minimum atomic E-state index is -1.30. The van der Waals surface area contributed by atoms with Crippen molar-refractivity contribution in [3.63, 3.8) is 0 Å². The van der Waals surface area contributed by atoms with Crippen LogP contribution in [0, 0.1) is 11.8 Å². The van der Waals surface area contributed by atoms with Gasteiger partial charge in [-0.25, -0.2) is 19.6 Å². The van der Waals surface area contributed by atoms with Crippen LogP contribution < -0.4 is 15.4 Å². The average molecular weight is 867 g/mol. The van der Waals surface area contributed by atoms with Crippen molar-refractivity contribution in [3.8, 4) is 28.1 Å². The van der Waals surface area contributed by atoms with E-state index in [4.69, 9.17) is 33.7 Å². The first kappa shape index (κ1) is 43.4. The minimum Gasteiger partial charge on any atom is -0.488 e. The number of rotatable bonds is 13. The number of carbonyl (C=O) groups is 4. The Balaban J connectivity index is 1.05. The molecule has 3 aliphatic rings. The summed E-state index contributed by atoms with van der Waals surface area (Å²) in [4.78, 5) is 71.9. The van der Waals surface area contributed by atoms with E-state index < -0.39 is 42.5 Å². The van der Waals surface area contributed by atoms with E-state index in [0.29, 0.717) is 50.8 Å². The van der Waals surface area contributed by atoms with E-state index in [-0.39, 0.29) is 29.7 Å². The van der Waals surface area contributed by atoms with Crippen LogP contribution in [-0.4, -0.2) is 131 Å². The van der Waals surface area contributed by atoms with Gasteiger partial charge in [-0.3, -0.25) is 9.59 Å². The topological polar surface area (TPSA) is 223 Å². The number of amides is 4. The Morgan fingerprint density at radius 3 is 2.29 bits per heavy atom. The number of benzene rings is 3. The second-order valence-corrected chi connectivity index (χ2v) is 16.8. The van der Waals surface area contributed by atoms with Gasteiger partial charge in [0.1, 0.15) is 36.1 Å². The van der Waals surface area contributed by atoms with E-state index in [1.54, 1.807) is 37.0 Å². The largest absolute Gasteiger partial charge is 0.488 e. The van der Waals surface area contributed by atoms with Crippen molar-refractivity contribution in [1.29, 1.82) is 0 Å². The van der Waals surface area contributed by atoms with Crippen LogP contribution in [0.15, 0.2) is 48.7 Å². The molecule has 2 aromatic heterocycles. The van der Waals surface area contributed by atoms with Gasteiger partial charge in [0.2, 0.25) is 11.8 Å². The minimum absolute atomic E-state index is 0.0579. The summed E-state index contributed by atoms with van der Waals surface area (Å²) in [6, 6.07) is 11.6. The Labute approximate surface area is 364 Å². The number of aromatic amines is 2. The smallest absolute Gasteiger partial charge is 0.407 e. The standard InChI is InChI=1S/C45H54N8O10/c1-22-12-34(52(18-22)42(54)37(23(2)60-5)50-44(56)57)41-47-32-11-9-26-15-31-29-10-8-27(14-28(29)21-63-36(31)16-30(26)39(32)49-41)33-17-46-40(48-33)35-13-25(20-59-4)19-53(35)43(55)38(24(3)61-6)51-45(58)62-7/h8-11,14-17,22-25,34-35,37-38,50H,12-13,18-21H2,1-7H3,(H,46,48)(H,47,49)(H,51,58)(H,56,57)/t22-,23+,24+,25-,34-,35-,37-,38-/m0/s1. The van der Waals surface area contributed by atoms with Gasteiger partial charge in [-0.05, 0) is 78.9 Å². The maximum absolute atomic E-state index is 14.0. The molecule has 3 aliphatic heterocycles. The van der Waals surface area contributed by atoms with Gasteiger partial charge in [-0.15, -0.1) is 0 Å². The van der Waals surface area contributed by atoms with Crippen LogP contribution in [0.25, 0.3) is 44.2 Å². The molecule has 18 heteroatoms. The third-order valence-electron chi connectivity index (χ3n) is 12.7. The van der Waals surface area contributed by atoms with Crippen molar-refractivity contribution < 1.29 is 48.0 Å². The number of nitrogens with one attached hydrogen (secondary N) is 4. The Bertz CT molecular complexity index is 2540. The highest BCUT2D eigenvalue weighted by molar-refractivity contribution is 6.07. The fraction of sp³-hybridized carbons (Fsp3) is 0.467. The highest BCUT2D eigenvalue weighted by Crippen LogP contribution is 2.44. The molecule has 3 aromatic carbocycles. The van der Waals surface area contributed by atoms with Gasteiger partial charge < -0.3 is 59.2 Å². The van der Waals surface area contributed by atoms with Crippen LogP contribution in [0.4, 0.5) is 9.59 Å². The van der Waals surface area contributed by atoms with Gasteiger partial charge in [-0.2, -0.15) is 0 Å². The molecule has 63 heavy (non-hydrogen) atoms. The fourth-order valence-corrected chi connectivity index (χ4v) is 9.32. The zero-order valence-corrected chi connectivity index (χ0v) is 36.4. The number of alkyl carbamates (subject to hydrolysis) is 1. The zero-order valence-electron chi connectivity index (χ0n) is 36.4. The maximum atomic E-state index is 14.0. The SMILES string of the molecule is COC[C@H]1C[C@@H](c2ncc(-c3ccc4c(c3)COc3cc5c(ccc6[nH]c([C@@H]7C[C@H](C)CN7C(=O)[C@@H](NC(=O)O)[C@@H](C)OC)nc65)cc3-4)[nH]2)N(C(=O)[C@@H](NC(=O)OC)[C@@H](C)OC)C1. The van der Waals surface area contributed by atoms with Crippen LogP contribution in [0.1, 0.15) is 62.9 Å². The predicted octanol–water partition coefficient (Wildman–Crippen LogP) is 5.54. The first-order valence-electron chi connectivity index (χ1n) is 21.1. The lowest BCUT2D eigenvalue weighted by Crippen LogP contribution is -2.54. The number of aromatic nitrogens is 4. The zero-order chi connectivity index (χ0) is 44.7. The molecule has 18 nitrogen and oxygen atoms in total. The number of hydrogen-bond acceptors (Lipinski definition) is 11. The number of fused-ring (bicyclic) bond motifs is 6. The van der Waals surface area contributed by atoms with E-state index >= 15 is 0 Å². The Morgan fingerprint density at radius 2 is 1.59 bits per heavy atom. The van der Waals surface area contributed by atoms with Crippen LogP contribution in [0.5, 0.6) is 5.75 Å². The first-order valence-corrected chi connectivity index (χ1v) is 21.1. The molecule has 0 aliphatic carbocycles. The quantitative estimate of drug-likeness (QED) is 0.0985. The van der Waals surface area contributed by atoms with E-state index in [2.05, 4.69) is 45.7 Å². The molecule has 5 N–H and O–H groups in total. The van der Waals surface area contributed by atoms with Crippen molar-refractivity contribution in [3.05, 3.63) is 65.9 Å². The summed E-state index contributed by atoms with van der Waals surface area (Å²) in [5, 5.41) is 16.3. The van der Waals surface area contributed by atoms with Crippen LogP contribution in [0.3, 0.4) is 0 Å². The lowest BCUT2D eigenvalue weighted by molar-refractivity contribution is -0.138.